The second-order valence-corrected chi connectivity index (χ2v) is 13.4. The summed E-state index contributed by atoms with van der Waals surface area (Å²) >= 11 is 4.28. The highest BCUT2D eigenvalue weighted by atomic mass is 32.1. The Balaban J connectivity index is 3.88. The molecule has 36 heavy (non-hydrogen) atoms. The maximum atomic E-state index is 12.6. The molecule has 0 aliphatic carbocycles. The minimum Gasteiger partial charge on any atom is -0.473 e. The van der Waals surface area contributed by atoms with Crippen LogP contribution >= 0.6 is 12.6 Å². The fourth-order valence-electron chi connectivity index (χ4n) is 4.76. The van der Waals surface area contributed by atoms with Crippen LogP contribution in [0.4, 0.5) is 0 Å². The van der Waals surface area contributed by atoms with Crippen molar-refractivity contribution >= 4 is 27.4 Å². The zero-order chi connectivity index (χ0) is 26.6. The summed E-state index contributed by atoms with van der Waals surface area (Å²) in [5.74, 6) is 0.840. The molecule has 0 aliphatic heterocycles. The van der Waals surface area contributed by atoms with Crippen LogP contribution < -0.4 is 0 Å². The second kappa shape index (κ2) is 28.0. The van der Waals surface area contributed by atoms with Crippen LogP contribution in [0.5, 0.6) is 0 Å². The van der Waals surface area contributed by atoms with E-state index in [2.05, 4.69) is 19.6 Å². The maximum Gasteiger partial charge on any atom is 0.567 e. The van der Waals surface area contributed by atoms with E-state index in [9.17, 15) is 4.79 Å². The predicted molar refractivity (Wildman–Crippen MR) is 161 cm³/mol. The molecule has 6 heteroatoms. The van der Waals surface area contributed by atoms with Crippen molar-refractivity contribution in [3.63, 3.8) is 0 Å². The molecule has 0 unspecified atom stereocenters. The van der Waals surface area contributed by atoms with Crippen molar-refractivity contribution in [3.8, 4) is 0 Å². The third-order valence-corrected chi connectivity index (χ3v) is 10.2. The highest BCUT2D eigenvalue weighted by molar-refractivity contribution is 7.80. The maximum absolute atomic E-state index is 12.6. The average Bonchev–Trinajstić information content (AvgIpc) is 2.86. The zero-order valence-corrected chi connectivity index (χ0v) is 26.4. The summed E-state index contributed by atoms with van der Waals surface area (Å²) in [5.41, 5.74) is 0. The van der Waals surface area contributed by atoms with Gasteiger partial charge in [-0.15, -0.1) is 0 Å². The number of thiol groups is 1. The minimum absolute atomic E-state index is 0.132. The lowest BCUT2D eigenvalue weighted by molar-refractivity contribution is -0.139. The molecular formula is C30H62O4SSi. The molecule has 0 atom stereocenters. The Morgan fingerprint density at radius 3 is 1.36 bits per heavy atom. The molecule has 0 radical (unpaired) electrons. The van der Waals surface area contributed by atoms with Gasteiger partial charge in [0.25, 0.3) is 5.97 Å². The fourth-order valence-corrected chi connectivity index (χ4v) is 7.59. The number of hydrogen-bond donors (Lipinski definition) is 1. The Labute approximate surface area is 232 Å². The first-order valence-electron chi connectivity index (χ1n) is 15.7. The van der Waals surface area contributed by atoms with Crippen molar-refractivity contribution < 1.29 is 18.1 Å². The van der Waals surface area contributed by atoms with E-state index in [0.717, 1.165) is 37.5 Å². The van der Waals surface area contributed by atoms with Gasteiger partial charge in [-0.2, -0.15) is 12.6 Å². The summed E-state index contributed by atoms with van der Waals surface area (Å²) in [6, 6.07) is 0.742. The van der Waals surface area contributed by atoms with Gasteiger partial charge >= 0.3 is 8.80 Å². The highest BCUT2D eigenvalue weighted by Gasteiger charge is 2.43. The first kappa shape index (κ1) is 36.0. The molecule has 0 aliphatic rings. The van der Waals surface area contributed by atoms with Crippen molar-refractivity contribution in [1.29, 1.82) is 0 Å². The Morgan fingerprint density at radius 1 is 0.556 bits per heavy atom. The third-order valence-electron chi connectivity index (χ3n) is 6.87. The average molecular weight is 547 g/mol. The Bertz CT molecular complexity index is 458. The molecule has 0 fully saturated rings. The monoisotopic (exact) mass is 546 g/mol. The van der Waals surface area contributed by atoms with E-state index in [1.165, 1.54) is 109 Å². The summed E-state index contributed by atoms with van der Waals surface area (Å²) < 4.78 is 17.9. The van der Waals surface area contributed by atoms with E-state index in [1.54, 1.807) is 0 Å². The van der Waals surface area contributed by atoms with Gasteiger partial charge in [0.05, 0.1) is 0 Å². The van der Waals surface area contributed by atoms with Crippen LogP contribution in [0.1, 0.15) is 162 Å². The molecule has 0 saturated carbocycles. The summed E-state index contributed by atoms with van der Waals surface area (Å²) in [6.45, 7) is 7.26. The number of unbranched alkanes of at least 4 members (excludes halogenated alkanes) is 19. The van der Waals surface area contributed by atoms with Crippen LogP contribution in [0.25, 0.3) is 0 Å². The van der Waals surface area contributed by atoms with Gasteiger partial charge in [0.2, 0.25) is 0 Å². The summed E-state index contributed by atoms with van der Waals surface area (Å²) in [7, 11) is -2.90. The molecular weight excluding hydrogens is 484 g/mol. The predicted octanol–water partition coefficient (Wildman–Crippen LogP) is 10.1. The lowest BCUT2D eigenvalue weighted by atomic mass is 10.0. The Hall–Kier alpha value is -0.0431. The van der Waals surface area contributed by atoms with Crippen LogP contribution in [0, 0.1) is 0 Å². The molecule has 0 saturated heterocycles. The molecule has 4 nitrogen and oxygen atoms in total. The van der Waals surface area contributed by atoms with Gasteiger partial charge in [0, 0.05) is 25.7 Å². The molecule has 0 aromatic rings. The van der Waals surface area contributed by atoms with Crippen LogP contribution in [-0.2, 0) is 18.1 Å². The summed E-state index contributed by atoms with van der Waals surface area (Å²) in [6.07, 6.45) is 27.4. The van der Waals surface area contributed by atoms with E-state index in [4.69, 9.17) is 13.3 Å². The van der Waals surface area contributed by atoms with Gasteiger partial charge in [-0.3, -0.25) is 4.79 Å². The van der Waals surface area contributed by atoms with Crippen LogP contribution in [0.15, 0.2) is 0 Å². The lowest BCUT2D eigenvalue weighted by Crippen LogP contribution is -2.47. The minimum atomic E-state index is -2.90. The van der Waals surface area contributed by atoms with Crippen LogP contribution in [0.3, 0.4) is 0 Å². The second-order valence-electron chi connectivity index (χ2n) is 10.3. The van der Waals surface area contributed by atoms with Gasteiger partial charge in [-0.1, -0.05) is 122 Å². The van der Waals surface area contributed by atoms with Crippen molar-refractivity contribution in [3.05, 3.63) is 0 Å². The summed E-state index contributed by atoms with van der Waals surface area (Å²) in [4.78, 5) is 12.6. The van der Waals surface area contributed by atoms with Crippen molar-refractivity contribution in [2.45, 2.75) is 168 Å². The number of rotatable bonds is 29. The van der Waals surface area contributed by atoms with E-state index >= 15 is 0 Å². The van der Waals surface area contributed by atoms with E-state index in [-0.39, 0.29) is 5.97 Å². The standard InChI is InChI=1S/C30H62O4SSi/c1-4-7-8-9-10-11-12-13-14-15-16-17-18-21-24-27-30(31)34-36(32-5-2,33-6-3)29-26-23-20-19-22-25-28-35/h35H,4-29H2,1-3H3. The molecule has 216 valence electrons. The number of carbonyl (C=O) groups excluding carboxylic acids is 1. The van der Waals surface area contributed by atoms with Crippen molar-refractivity contribution in [1.82, 2.24) is 0 Å². The first-order chi connectivity index (χ1) is 17.6. The quantitative estimate of drug-likeness (QED) is 0.0576. The van der Waals surface area contributed by atoms with Gasteiger partial charge < -0.3 is 13.3 Å². The molecule has 0 spiro atoms. The van der Waals surface area contributed by atoms with Gasteiger partial charge in [-0.25, -0.2) is 0 Å². The molecule has 0 aromatic heterocycles. The normalized spacial score (nSPS) is 11.8. The van der Waals surface area contributed by atoms with Crippen molar-refractivity contribution in [2.24, 2.45) is 0 Å². The first-order valence-corrected chi connectivity index (χ1v) is 18.3. The highest BCUT2D eigenvalue weighted by Crippen LogP contribution is 2.22. The lowest BCUT2D eigenvalue weighted by Gasteiger charge is -2.28. The summed E-state index contributed by atoms with van der Waals surface area (Å²) in [5, 5.41) is 0. The topological polar surface area (TPSA) is 44.8 Å². The van der Waals surface area contributed by atoms with Gasteiger partial charge in [0.1, 0.15) is 0 Å². The fraction of sp³-hybridized carbons (Fsp3) is 0.967. The van der Waals surface area contributed by atoms with E-state index in [0.29, 0.717) is 19.6 Å². The van der Waals surface area contributed by atoms with Crippen LogP contribution in [-0.4, -0.2) is 33.7 Å². The van der Waals surface area contributed by atoms with E-state index < -0.39 is 8.80 Å². The van der Waals surface area contributed by atoms with E-state index in [1.807, 2.05) is 13.8 Å². The SMILES string of the molecule is CCCCCCCCCCCCCCCCCC(=O)O[Si](CCCCCCCCS)(OCC)OCC. The molecule has 0 heterocycles. The Kier molecular flexibility index (Phi) is 27.9. The largest absolute Gasteiger partial charge is 0.567 e. The molecule has 0 bridgehead atoms. The molecule has 0 N–H and O–H groups in total. The molecule has 0 rings (SSSR count). The van der Waals surface area contributed by atoms with Crippen LogP contribution in [0.2, 0.25) is 6.04 Å². The molecule has 0 amide bonds. The molecule has 0 aromatic carbocycles. The number of hydrogen-bond acceptors (Lipinski definition) is 5. The van der Waals surface area contributed by atoms with Gasteiger partial charge in [0.15, 0.2) is 0 Å². The van der Waals surface area contributed by atoms with Gasteiger partial charge in [-0.05, 0) is 38.9 Å². The third kappa shape index (κ3) is 23.1. The van der Waals surface area contributed by atoms with Crippen molar-refractivity contribution in [2.75, 3.05) is 19.0 Å². The number of carbonyl (C=O) groups is 1. The smallest absolute Gasteiger partial charge is 0.473 e. The zero-order valence-electron chi connectivity index (χ0n) is 24.5. The Morgan fingerprint density at radius 2 is 0.944 bits per heavy atom.